The van der Waals surface area contributed by atoms with E-state index in [1.807, 2.05) is 5.32 Å². The Kier molecular flexibility index (Phi) is 9.28. The third-order valence-electron chi connectivity index (χ3n) is 5.17. The molecule has 6 nitrogen and oxygen atoms in total. The molecular formula is C25H20ClF7N4O2. The second-order valence-electron chi connectivity index (χ2n) is 8.09. The van der Waals surface area contributed by atoms with Gasteiger partial charge in [-0.15, -0.1) is 0 Å². The van der Waals surface area contributed by atoms with Crippen LogP contribution >= 0.6 is 11.6 Å². The van der Waals surface area contributed by atoms with Gasteiger partial charge >= 0.3 is 24.4 Å². The number of carbonyl (C=O) groups excluding carboxylic acids is 2. The van der Waals surface area contributed by atoms with Gasteiger partial charge in [0, 0.05) is 35.2 Å². The molecule has 0 atom stereocenters. The molecule has 0 aliphatic carbocycles. The number of hydrogen-bond acceptors (Lipinski definition) is 2. The standard InChI is InChI=1S/C25H20ClF7N4O2/c26-17-2-6-19(7-3-17)36-23(39)37(21-8-4-18(27)5-9-21)11-1-10-34-22(38)35-20-13-15(24(28,29)30)12-16(14-20)25(31,32)33/h2-9,12-14H,1,10-11H2,(H,36,39)(H2,34,35,38). The lowest BCUT2D eigenvalue weighted by molar-refractivity contribution is -0.143. The van der Waals surface area contributed by atoms with Gasteiger partial charge in [0.05, 0.1) is 11.1 Å². The van der Waals surface area contributed by atoms with Crippen LogP contribution < -0.4 is 20.9 Å². The summed E-state index contributed by atoms with van der Waals surface area (Å²) < 4.78 is 91.5. The highest BCUT2D eigenvalue weighted by atomic mass is 35.5. The van der Waals surface area contributed by atoms with Crippen molar-refractivity contribution in [2.24, 2.45) is 0 Å². The molecule has 3 rings (SSSR count). The smallest absolute Gasteiger partial charge is 0.338 e. The third kappa shape index (κ3) is 8.77. The van der Waals surface area contributed by atoms with Crippen molar-refractivity contribution in [1.29, 1.82) is 0 Å². The van der Waals surface area contributed by atoms with Crippen LogP contribution in [0.3, 0.4) is 0 Å². The van der Waals surface area contributed by atoms with E-state index < -0.39 is 47.0 Å². The molecule has 208 valence electrons. The van der Waals surface area contributed by atoms with E-state index in [0.717, 1.165) is 12.1 Å². The lowest BCUT2D eigenvalue weighted by atomic mass is 10.1. The number of alkyl halides is 6. The van der Waals surface area contributed by atoms with Crippen molar-refractivity contribution in [3.05, 3.63) is 88.7 Å². The topological polar surface area (TPSA) is 73.5 Å². The van der Waals surface area contributed by atoms with Crippen molar-refractivity contribution in [2.45, 2.75) is 18.8 Å². The summed E-state index contributed by atoms with van der Waals surface area (Å²) in [4.78, 5) is 26.3. The van der Waals surface area contributed by atoms with E-state index in [1.165, 1.54) is 17.0 Å². The Bertz CT molecular complexity index is 1270. The number of anilines is 3. The Labute approximate surface area is 222 Å². The Morgan fingerprint density at radius 3 is 1.87 bits per heavy atom. The van der Waals surface area contributed by atoms with Gasteiger partial charge in [-0.2, -0.15) is 26.3 Å². The number of nitrogens with zero attached hydrogens (tertiary/aromatic N) is 1. The number of benzene rings is 3. The van der Waals surface area contributed by atoms with E-state index in [-0.39, 0.29) is 25.6 Å². The molecule has 0 spiro atoms. The Morgan fingerprint density at radius 1 is 0.769 bits per heavy atom. The average molecular weight is 577 g/mol. The molecule has 39 heavy (non-hydrogen) atoms. The van der Waals surface area contributed by atoms with Crippen LogP contribution in [-0.4, -0.2) is 25.2 Å². The Balaban J connectivity index is 1.63. The Morgan fingerprint density at radius 2 is 1.33 bits per heavy atom. The van der Waals surface area contributed by atoms with Gasteiger partial charge in [-0.25, -0.2) is 14.0 Å². The number of carbonyl (C=O) groups is 2. The molecule has 0 fully saturated rings. The van der Waals surface area contributed by atoms with Gasteiger partial charge in [0.1, 0.15) is 5.82 Å². The molecule has 0 unspecified atom stereocenters. The quantitative estimate of drug-likeness (QED) is 0.199. The van der Waals surface area contributed by atoms with Crippen LogP contribution in [0.5, 0.6) is 0 Å². The number of urea groups is 2. The van der Waals surface area contributed by atoms with Gasteiger partial charge in [-0.05, 0) is 73.2 Å². The van der Waals surface area contributed by atoms with Crippen LogP contribution in [0.25, 0.3) is 0 Å². The fraction of sp³-hybridized carbons (Fsp3) is 0.200. The third-order valence-corrected chi connectivity index (χ3v) is 5.42. The first-order valence-corrected chi connectivity index (χ1v) is 11.5. The minimum atomic E-state index is -5.06. The molecule has 0 heterocycles. The molecule has 0 aromatic heterocycles. The molecule has 0 radical (unpaired) electrons. The van der Waals surface area contributed by atoms with Crippen LogP contribution in [0.15, 0.2) is 66.7 Å². The highest BCUT2D eigenvalue weighted by Crippen LogP contribution is 2.37. The zero-order valence-corrected chi connectivity index (χ0v) is 20.5. The van der Waals surface area contributed by atoms with Gasteiger partial charge in [-0.3, -0.25) is 4.90 Å². The summed E-state index contributed by atoms with van der Waals surface area (Å²) in [5.74, 6) is -0.529. The van der Waals surface area contributed by atoms with Crippen LogP contribution in [0, 0.1) is 5.82 Å². The van der Waals surface area contributed by atoms with Crippen molar-refractivity contribution < 1.29 is 40.3 Å². The molecule has 0 aliphatic rings. The number of nitrogens with one attached hydrogen (secondary N) is 3. The second-order valence-corrected chi connectivity index (χ2v) is 8.53. The van der Waals surface area contributed by atoms with E-state index in [1.54, 1.807) is 24.3 Å². The molecule has 3 N–H and O–H groups in total. The fourth-order valence-electron chi connectivity index (χ4n) is 3.33. The maximum absolute atomic E-state index is 13.4. The number of rotatable bonds is 7. The molecule has 3 aromatic carbocycles. The van der Waals surface area contributed by atoms with E-state index in [2.05, 4.69) is 10.6 Å². The minimum Gasteiger partial charge on any atom is -0.338 e. The lowest BCUT2D eigenvalue weighted by Crippen LogP contribution is -2.38. The summed E-state index contributed by atoms with van der Waals surface area (Å²) in [7, 11) is 0. The molecule has 0 aliphatic heterocycles. The summed E-state index contributed by atoms with van der Waals surface area (Å²) in [5, 5.41) is 7.37. The first kappa shape index (κ1) is 29.6. The highest BCUT2D eigenvalue weighted by molar-refractivity contribution is 6.30. The van der Waals surface area contributed by atoms with Crippen LogP contribution in [0.1, 0.15) is 17.5 Å². The fourth-order valence-corrected chi connectivity index (χ4v) is 3.46. The van der Waals surface area contributed by atoms with Crippen molar-refractivity contribution in [3.63, 3.8) is 0 Å². The summed E-state index contributed by atoms with van der Waals surface area (Å²) in [6.45, 7) is -0.101. The van der Waals surface area contributed by atoms with Crippen molar-refractivity contribution in [3.8, 4) is 0 Å². The van der Waals surface area contributed by atoms with Crippen LogP contribution in [-0.2, 0) is 12.4 Å². The first-order chi connectivity index (χ1) is 18.2. The van der Waals surface area contributed by atoms with Gasteiger partial charge in [-0.1, -0.05) is 11.6 Å². The minimum absolute atomic E-state index is 0.00706. The van der Waals surface area contributed by atoms with Gasteiger partial charge in [0.2, 0.25) is 0 Å². The normalized spacial score (nSPS) is 11.6. The second kappa shape index (κ2) is 12.2. The summed E-state index contributed by atoms with van der Waals surface area (Å²) in [6, 6.07) is 10.3. The molecular weight excluding hydrogens is 557 g/mol. The molecule has 0 saturated carbocycles. The number of amides is 4. The van der Waals surface area contributed by atoms with E-state index in [4.69, 9.17) is 11.6 Å². The summed E-state index contributed by atoms with van der Waals surface area (Å²) in [5.41, 5.74) is -3.10. The molecule has 4 amide bonds. The maximum atomic E-state index is 13.4. The van der Waals surface area contributed by atoms with Crippen LogP contribution in [0.4, 0.5) is 57.4 Å². The van der Waals surface area contributed by atoms with E-state index >= 15 is 0 Å². The zero-order chi connectivity index (χ0) is 28.8. The lowest BCUT2D eigenvalue weighted by Gasteiger charge is -2.23. The van der Waals surface area contributed by atoms with E-state index in [0.29, 0.717) is 28.5 Å². The SMILES string of the molecule is O=C(NCCCN(C(=O)Nc1ccc(Cl)cc1)c1ccc(F)cc1)Nc1cc(C(F)(F)F)cc(C(F)(F)F)c1. The van der Waals surface area contributed by atoms with E-state index in [9.17, 15) is 40.3 Å². The van der Waals surface area contributed by atoms with Gasteiger partial charge in [0.15, 0.2) is 0 Å². The highest BCUT2D eigenvalue weighted by Gasteiger charge is 2.37. The predicted octanol–water partition coefficient (Wildman–Crippen LogP) is 7.77. The average Bonchev–Trinajstić information content (AvgIpc) is 2.85. The predicted molar refractivity (Wildman–Crippen MR) is 132 cm³/mol. The molecule has 0 bridgehead atoms. The van der Waals surface area contributed by atoms with Gasteiger partial charge in [0.25, 0.3) is 0 Å². The number of hydrogen-bond donors (Lipinski definition) is 3. The monoisotopic (exact) mass is 576 g/mol. The van der Waals surface area contributed by atoms with Crippen LogP contribution in [0.2, 0.25) is 5.02 Å². The maximum Gasteiger partial charge on any atom is 0.416 e. The van der Waals surface area contributed by atoms with Crippen molar-refractivity contribution in [1.82, 2.24) is 5.32 Å². The van der Waals surface area contributed by atoms with Crippen molar-refractivity contribution in [2.75, 3.05) is 28.6 Å². The van der Waals surface area contributed by atoms with Gasteiger partial charge < -0.3 is 16.0 Å². The van der Waals surface area contributed by atoms with Crippen molar-refractivity contribution >= 4 is 40.7 Å². The Hall–Kier alpha value is -4.00. The summed E-state index contributed by atoms with van der Waals surface area (Å²) in [6.07, 6.45) is -10.0. The molecule has 0 saturated heterocycles. The molecule has 3 aromatic rings. The molecule has 14 heteroatoms. The largest absolute Gasteiger partial charge is 0.416 e. The zero-order valence-electron chi connectivity index (χ0n) is 19.8. The first-order valence-electron chi connectivity index (χ1n) is 11.2. The summed E-state index contributed by atoms with van der Waals surface area (Å²) >= 11 is 5.84. The number of halogens is 8.